The van der Waals surface area contributed by atoms with Gasteiger partial charge in [-0.1, -0.05) is 0 Å². The first-order valence-electron chi connectivity index (χ1n) is 8.32. The number of nitrogens with two attached hydrogens (primary N) is 1. The average molecular weight is 372 g/mol. The highest BCUT2D eigenvalue weighted by atomic mass is 19.4. The zero-order chi connectivity index (χ0) is 19.5. The summed E-state index contributed by atoms with van der Waals surface area (Å²) in [7, 11) is 0. The van der Waals surface area contributed by atoms with Crippen LogP contribution in [0.25, 0.3) is 0 Å². The zero-order valence-corrected chi connectivity index (χ0v) is 14.7. The Bertz CT molecular complexity index is 648. The molecule has 0 spiro atoms. The van der Waals surface area contributed by atoms with Crippen LogP contribution >= 0.6 is 0 Å². The highest BCUT2D eigenvalue weighted by molar-refractivity contribution is 5.96. The van der Waals surface area contributed by atoms with Crippen molar-refractivity contribution in [1.29, 1.82) is 0 Å². The minimum Gasteiger partial charge on any atom is -0.366 e. The molecular formula is C17H23F3N4O2. The molecule has 0 aliphatic carbocycles. The van der Waals surface area contributed by atoms with Crippen LogP contribution in [-0.2, 0) is 4.79 Å². The normalized spacial score (nSPS) is 20.6. The summed E-state index contributed by atoms with van der Waals surface area (Å²) in [6, 6.07) is 5.40. The monoisotopic (exact) mass is 372 g/mol. The molecule has 1 aliphatic heterocycles. The molecule has 3 N–H and O–H groups in total. The van der Waals surface area contributed by atoms with E-state index in [9.17, 15) is 22.8 Å². The molecule has 1 fully saturated rings. The molecule has 1 aliphatic rings. The van der Waals surface area contributed by atoms with Crippen LogP contribution in [0.15, 0.2) is 24.3 Å². The Labute approximate surface area is 150 Å². The maximum Gasteiger partial charge on any atom is 0.401 e. The van der Waals surface area contributed by atoms with Crippen LogP contribution in [0.2, 0.25) is 0 Å². The number of halogens is 3. The second-order valence-corrected chi connectivity index (χ2v) is 6.54. The standard InChI is InChI=1S/C17H23F3N4O2/c1-11-9-23(7-8-24(11)10-17(18,19)20)12(2)16(26)22-14-5-3-13(4-6-14)15(21)25/h3-6,11-12H,7-10H2,1-2H3,(H2,21,25)(H,22,26). The number of rotatable bonds is 5. The molecule has 9 heteroatoms. The summed E-state index contributed by atoms with van der Waals surface area (Å²) in [5, 5.41) is 2.74. The molecule has 0 aromatic heterocycles. The van der Waals surface area contributed by atoms with Crippen LogP contribution < -0.4 is 11.1 Å². The summed E-state index contributed by atoms with van der Waals surface area (Å²) in [4.78, 5) is 26.7. The topological polar surface area (TPSA) is 78.7 Å². The van der Waals surface area contributed by atoms with E-state index in [0.717, 1.165) is 0 Å². The van der Waals surface area contributed by atoms with Gasteiger partial charge < -0.3 is 11.1 Å². The zero-order valence-electron chi connectivity index (χ0n) is 14.7. The third kappa shape index (κ3) is 5.43. The van der Waals surface area contributed by atoms with Crippen LogP contribution in [0.5, 0.6) is 0 Å². The number of hydrogen-bond donors (Lipinski definition) is 2. The van der Waals surface area contributed by atoms with Gasteiger partial charge in [0.1, 0.15) is 0 Å². The predicted molar refractivity (Wildman–Crippen MR) is 91.7 cm³/mol. The Morgan fingerprint density at radius 3 is 2.38 bits per heavy atom. The number of benzene rings is 1. The van der Waals surface area contributed by atoms with Crippen molar-refractivity contribution in [2.24, 2.45) is 5.73 Å². The Kier molecular flexibility index (Phi) is 6.25. The third-order valence-electron chi connectivity index (χ3n) is 4.54. The first-order chi connectivity index (χ1) is 12.1. The molecule has 144 valence electrons. The van der Waals surface area contributed by atoms with Crippen LogP contribution in [0.1, 0.15) is 24.2 Å². The predicted octanol–water partition coefficient (Wildman–Crippen LogP) is 1.68. The van der Waals surface area contributed by atoms with Gasteiger partial charge in [0, 0.05) is 36.9 Å². The van der Waals surface area contributed by atoms with Crippen LogP contribution in [0.3, 0.4) is 0 Å². The van der Waals surface area contributed by atoms with Gasteiger partial charge in [0.05, 0.1) is 12.6 Å². The van der Waals surface area contributed by atoms with Gasteiger partial charge in [-0.2, -0.15) is 13.2 Å². The number of amides is 2. The molecule has 1 aromatic carbocycles. The molecule has 26 heavy (non-hydrogen) atoms. The highest BCUT2D eigenvalue weighted by Crippen LogP contribution is 2.21. The quantitative estimate of drug-likeness (QED) is 0.824. The number of anilines is 1. The van der Waals surface area contributed by atoms with E-state index in [1.54, 1.807) is 26.0 Å². The summed E-state index contributed by atoms with van der Waals surface area (Å²) >= 11 is 0. The Morgan fingerprint density at radius 2 is 1.88 bits per heavy atom. The molecule has 0 saturated carbocycles. The van der Waals surface area contributed by atoms with Gasteiger partial charge in [0.2, 0.25) is 11.8 Å². The van der Waals surface area contributed by atoms with E-state index >= 15 is 0 Å². The van der Waals surface area contributed by atoms with Gasteiger partial charge in [-0.3, -0.25) is 19.4 Å². The highest BCUT2D eigenvalue weighted by Gasteiger charge is 2.36. The lowest BCUT2D eigenvalue weighted by Gasteiger charge is -2.42. The lowest BCUT2D eigenvalue weighted by atomic mass is 10.1. The van der Waals surface area contributed by atoms with Crippen molar-refractivity contribution in [3.05, 3.63) is 29.8 Å². The van der Waals surface area contributed by atoms with Gasteiger partial charge in [-0.25, -0.2) is 0 Å². The number of hydrogen-bond acceptors (Lipinski definition) is 4. The number of nitrogens with one attached hydrogen (secondary N) is 1. The van der Waals surface area contributed by atoms with E-state index in [1.807, 2.05) is 4.90 Å². The van der Waals surface area contributed by atoms with E-state index in [0.29, 0.717) is 24.3 Å². The largest absolute Gasteiger partial charge is 0.401 e. The number of carbonyl (C=O) groups is 2. The van der Waals surface area contributed by atoms with Crippen molar-refractivity contribution in [1.82, 2.24) is 9.80 Å². The smallest absolute Gasteiger partial charge is 0.366 e. The second-order valence-electron chi connectivity index (χ2n) is 6.54. The summed E-state index contributed by atoms with van der Waals surface area (Å²) in [5.41, 5.74) is 6.03. The van der Waals surface area contributed by atoms with Gasteiger partial charge in [0.15, 0.2) is 0 Å². The molecule has 6 nitrogen and oxygen atoms in total. The Balaban J connectivity index is 1.91. The molecule has 2 rings (SSSR count). The van der Waals surface area contributed by atoms with Crippen molar-refractivity contribution in [2.45, 2.75) is 32.1 Å². The van der Waals surface area contributed by atoms with Crippen molar-refractivity contribution in [3.63, 3.8) is 0 Å². The summed E-state index contributed by atoms with van der Waals surface area (Å²) in [5.74, 6) is -0.810. The molecule has 1 saturated heterocycles. The average Bonchev–Trinajstić information content (AvgIpc) is 2.55. The second kappa shape index (κ2) is 8.05. The molecule has 1 heterocycles. The number of alkyl halides is 3. The maximum absolute atomic E-state index is 12.6. The fourth-order valence-electron chi connectivity index (χ4n) is 2.97. The number of carbonyl (C=O) groups excluding carboxylic acids is 2. The van der Waals surface area contributed by atoms with Crippen molar-refractivity contribution in [3.8, 4) is 0 Å². The van der Waals surface area contributed by atoms with E-state index in [4.69, 9.17) is 5.73 Å². The van der Waals surface area contributed by atoms with Gasteiger partial charge in [0.25, 0.3) is 0 Å². The third-order valence-corrected chi connectivity index (χ3v) is 4.54. The molecule has 2 unspecified atom stereocenters. The van der Waals surface area contributed by atoms with Gasteiger partial charge in [-0.05, 0) is 38.1 Å². The lowest BCUT2D eigenvalue weighted by Crippen LogP contribution is -2.58. The molecule has 2 amide bonds. The van der Waals surface area contributed by atoms with E-state index in [-0.39, 0.29) is 18.5 Å². The molecule has 2 atom stereocenters. The number of nitrogens with zero attached hydrogens (tertiary/aromatic N) is 2. The van der Waals surface area contributed by atoms with Gasteiger partial charge >= 0.3 is 6.18 Å². The lowest BCUT2D eigenvalue weighted by molar-refractivity contribution is -0.156. The summed E-state index contributed by atoms with van der Waals surface area (Å²) < 4.78 is 37.7. The van der Waals surface area contributed by atoms with Crippen LogP contribution in [0.4, 0.5) is 18.9 Å². The number of piperazine rings is 1. The van der Waals surface area contributed by atoms with Crippen LogP contribution in [0, 0.1) is 0 Å². The summed E-state index contributed by atoms with van der Waals surface area (Å²) in [6.45, 7) is 3.53. The minimum absolute atomic E-state index is 0.256. The maximum atomic E-state index is 12.6. The first-order valence-corrected chi connectivity index (χ1v) is 8.32. The first kappa shape index (κ1) is 20.2. The van der Waals surface area contributed by atoms with Crippen molar-refractivity contribution >= 4 is 17.5 Å². The molecular weight excluding hydrogens is 349 g/mol. The van der Waals surface area contributed by atoms with E-state index in [1.165, 1.54) is 17.0 Å². The molecule has 0 bridgehead atoms. The molecule has 0 radical (unpaired) electrons. The Hall–Kier alpha value is -2.13. The summed E-state index contributed by atoms with van der Waals surface area (Å²) in [6.07, 6.45) is -4.23. The SMILES string of the molecule is CC1CN(C(C)C(=O)Nc2ccc(C(N)=O)cc2)CCN1CC(F)(F)F. The van der Waals surface area contributed by atoms with Gasteiger partial charge in [-0.15, -0.1) is 0 Å². The fourth-order valence-corrected chi connectivity index (χ4v) is 2.97. The minimum atomic E-state index is -4.23. The molecule has 1 aromatic rings. The van der Waals surface area contributed by atoms with E-state index < -0.39 is 24.7 Å². The number of primary amides is 1. The fraction of sp³-hybridized carbons (Fsp3) is 0.529. The Morgan fingerprint density at radius 1 is 1.27 bits per heavy atom. The van der Waals surface area contributed by atoms with Crippen molar-refractivity contribution in [2.75, 3.05) is 31.5 Å². The van der Waals surface area contributed by atoms with Crippen LogP contribution in [-0.4, -0.2) is 66.1 Å². The van der Waals surface area contributed by atoms with Crippen molar-refractivity contribution < 1.29 is 22.8 Å². The van der Waals surface area contributed by atoms with E-state index in [2.05, 4.69) is 5.32 Å².